The number of imidazole rings is 2. The number of aromatic nitrogens is 4. The number of aryl methyl sites for hydroxylation is 5. The van der Waals surface area contributed by atoms with Crippen LogP contribution in [0.15, 0.2) is 54.7 Å². The van der Waals surface area contributed by atoms with E-state index in [0.29, 0.717) is 0 Å². The second-order valence-electron chi connectivity index (χ2n) is 8.43. The van der Waals surface area contributed by atoms with Crippen molar-refractivity contribution >= 4 is 16.8 Å². The Kier molecular flexibility index (Phi) is 4.07. The topological polar surface area (TPSA) is 26.1 Å². The zero-order chi connectivity index (χ0) is 21.2. The fraction of sp³-hybridized carbons (Fsp3) is 0.231. The van der Waals surface area contributed by atoms with E-state index < -0.39 is 0 Å². The highest BCUT2D eigenvalue weighted by molar-refractivity contribution is 5.81. The van der Waals surface area contributed by atoms with E-state index in [1.165, 1.54) is 39.2 Å². The molecule has 0 aliphatic carbocycles. The first-order chi connectivity index (χ1) is 14.4. The standard InChI is InChI=1S/C26H27N4/c1-16-11-12-20(17(2)13-16)24-18(3)14-19(4)25(29(24)6)23-15-30-22-10-8-7-9-21(22)27-26(30)28(23)5/h7-15H,1-6H3/q+1. The molecule has 30 heavy (non-hydrogen) atoms. The van der Waals surface area contributed by atoms with Gasteiger partial charge in [-0.1, -0.05) is 29.8 Å². The van der Waals surface area contributed by atoms with Gasteiger partial charge in [-0.25, -0.2) is 4.98 Å². The molecule has 0 fully saturated rings. The Morgan fingerprint density at radius 2 is 1.57 bits per heavy atom. The number of pyridine rings is 1. The third-order valence-electron chi connectivity index (χ3n) is 6.22. The number of para-hydroxylation sites is 2. The van der Waals surface area contributed by atoms with E-state index in [1.54, 1.807) is 0 Å². The quantitative estimate of drug-likeness (QED) is 0.377. The molecule has 4 heteroatoms. The van der Waals surface area contributed by atoms with Crippen LogP contribution in [0.5, 0.6) is 0 Å². The molecule has 0 aliphatic rings. The molecule has 0 bridgehead atoms. The molecule has 0 spiro atoms. The summed E-state index contributed by atoms with van der Waals surface area (Å²) < 4.78 is 6.74. The van der Waals surface area contributed by atoms with E-state index in [0.717, 1.165) is 22.5 Å². The number of rotatable bonds is 2. The summed E-state index contributed by atoms with van der Waals surface area (Å²) in [7, 11) is 4.28. The molecule has 4 nitrogen and oxygen atoms in total. The second-order valence-corrected chi connectivity index (χ2v) is 8.43. The molecule has 3 aromatic heterocycles. The second kappa shape index (κ2) is 6.56. The molecule has 3 heterocycles. The molecule has 150 valence electrons. The van der Waals surface area contributed by atoms with Crippen molar-refractivity contribution in [1.82, 2.24) is 14.0 Å². The predicted octanol–water partition coefficient (Wildman–Crippen LogP) is 5.22. The SMILES string of the molecule is Cc1ccc(-c2c(C)cc(C)c(-c3cn4c5ccccc5nc4n3C)[n+]2C)c(C)c1. The van der Waals surface area contributed by atoms with Crippen LogP contribution in [0.25, 0.3) is 39.5 Å². The summed E-state index contributed by atoms with van der Waals surface area (Å²) in [5, 5.41) is 0. The van der Waals surface area contributed by atoms with Crippen LogP contribution in [0.1, 0.15) is 22.3 Å². The van der Waals surface area contributed by atoms with Crippen LogP contribution in [-0.2, 0) is 14.1 Å². The van der Waals surface area contributed by atoms with Crippen molar-refractivity contribution < 1.29 is 4.57 Å². The molecule has 5 aromatic rings. The number of benzene rings is 2. The highest BCUT2D eigenvalue weighted by Crippen LogP contribution is 2.31. The minimum atomic E-state index is 0.958. The molecule has 0 unspecified atom stereocenters. The third kappa shape index (κ3) is 2.60. The summed E-state index contributed by atoms with van der Waals surface area (Å²) >= 11 is 0. The van der Waals surface area contributed by atoms with Crippen molar-refractivity contribution in [2.45, 2.75) is 27.7 Å². The third-order valence-corrected chi connectivity index (χ3v) is 6.22. The molecule has 2 aromatic carbocycles. The Labute approximate surface area is 177 Å². The smallest absolute Gasteiger partial charge is 0.233 e. The lowest BCUT2D eigenvalue weighted by molar-refractivity contribution is -0.650. The molecular weight excluding hydrogens is 368 g/mol. The maximum absolute atomic E-state index is 4.86. The summed E-state index contributed by atoms with van der Waals surface area (Å²) in [5.41, 5.74) is 12.2. The number of nitrogens with zero attached hydrogens (tertiary/aromatic N) is 4. The molecule has 0 atom stereocenters. The number of hydrogen-bond donors (Lipinski definition) is 0. The average molecular weight is 396 g/mol. The molecule has 0 saturated heterocycles. The molecule has 0 radical (unpaired) electrons. The zero-order valence-corrected chi connectivity index (χ0v) is 18.5. The molecule has 0 saturated carbocycles. The largest absolute Gasteiger partial charge is 0.308 e. The van der Waals surface area contributed by atoms with Crippen LogP contribution in [0.3, 0.4) is 0 Å². The summed E-state index contributed by atoms with van der Waals surface area (Å²) in [4.78, 5) is 4.86. The van der Waals surface area contributed by atoms with Gasteiger partial charge < -0.3 is 4.57 Å². The Hall–Kier alpha value is -3.40. The van der Waals surface area contributed by atoms with Gasteiger partial charge >= 0.3 is 0 Å². The van der Waals surface area contributed by atoms with Crippen molar-refractivity contribution in [3.63, 3.8) is 0 Å². The first kappa shape index (κ1) is 18.6. The number of hydrogen-bond acceptors (Lipinski definition) is 1. The minimum absolute atomic E-state index is 0.958. The van der Waals surface area contributed by atoms with Gasteiger partial charge in [-0.15, -0.1) is 0 Å². The Morgan fingerprint density at radius 3 is 2.33 bits per heavy atom. The first-order valence-electron chi connectivity index (χ1n) is 10.4. The van der Waals surface area contributed by atoms with E-state index in [-0.39, 0.29) is 0 Å². The zero-order valence-electron chi connectivity index (χ0n) is 18.5. The monoisotopic (exact) mass is 395 g/mol. The molecule has 0 amide bonds. The maximum Gasteiger partial charge on any atom is 0.233 e. The summed E-state index contributed by atoms with van der Waals surface area (Å²) in [6, 6.07) is 17.3. The van der Waals surface area contributed by atoms with Gasteiger partial charge in [0, 0.05) is 29.9 Å². The predicted molar refractivity (Wildman–Crippen MR) is 123 cm³/mol. The van der Waals surface area contributed by atoms with Crippen LogP contribution in [0.2, 0.25) is 0 Å². The number of fused-ring (bicyclic) bond motifs is 3. The summed E-state index contributed by atoms with van der Waals surface area (Å²) in [6.07, 6.45) is 2.22. The molecule has 5 rings (SSSR count). The fourth-order valence-electron chi connectivity index (χ4n) is 4.88. The highest BCUT2D eigenvalue weighted by atomic mass is 15.2. The summed E-state index contributed by atoms with van der Waals surface area (Å²) in [5.74, 6) is 0.958. The van der Waals surface area contributed by atoms with E-state index in [2.05, 4.69) is 104 Å². The molecule has 0 aliphatic heterocycles. The Bertz CT molecular complexity index is 1450. The van der Waals surface area contributed by atoms with Gasteiger partial charge in [-0.2, -0.15) is 4.57 Å². The van der Waals surface area contributed by atoms with Crippen molar-refractivity contribution in [2.24, 2.45) is 14.1 Å². The minimum Gasteiger partial charge on any atom is -0.308 e. The van der Waals surface area contributed by atoms with Crippen molar-refractivity contribution in [1.29, 1.82) is 0 Å². The molecular formula is C26H27N4+. The van der Waals surface area contributed by atoms with Crippen LogP contribution in [-0.4, -0.2) is 14.0 Å². The van der Waals surface area contributed by atoms with E-state index in [9.17, 15) is 0 Å². The van der Waals surface area contributed by atoms with Crippen LogP contribution >= 0.6 is 0 Å². The van der Waals surface area contributed by atoms with Gasteiger partial charge in [0.2, 0.25) is 17.2 Å². The van der Waals surface area contributed by atoms with Gasteiger partial charge in [0.15, 0.2) is 0 Å². The average Bonchev–Trinajstić information content (AvgIpc) is 3.20. The van der Waals surface area contributed by atoms with Crippen molar-refractivity contribution in [3.05, 3.63) is 77.0 Å². The fourth-order valence-corrected chi connectivity index (χ4v) is 4.88. The van der Waals surface area contributed by atoms with Gasteiger partial charge in [0.1, 0.15) is 12.7 Å². The van der Waals surface area contributed by atoms with Crippen LogP contribution < -0.4 is 4.57 Å². The van der Waals surface area contributed by atoms with E-state index in [1.807, 2.05) is 6.07 Å². The Morgan fingerprint density at radius 1 is 0.833 bits per heavy atom. The summed E-state index contributed by atoms with van der Waals surface area (Å²) in [6.45, 7) is 8.75. The first-order valence-corrected chi connectivity index (χ1v) is 10.4. The van der Waals surface area contributed by atoms with Crippen molar-refractivity contribution in [3.8, 4) is 22.6 Å². The lowest BCUT2D eigenvalue weighted by atomic mass is 9.97. The van der Waals surface area contributed by atoms with E-state index >= 15 is 0 Å². The van der Waals surface area contributed by atoms with E-state index in [4.69, 9.17) is 4.98 Å². The van der Waals surface area contributed by atoms with Crippen molar-refractivity contribution in [2.75, 3.05) is 0 Å². The van der Waals surface area contributed by atoms with Gasteiger partial charge in [-0.3, -0.25) is 4.40 Å². The van der Waals surface area contributed by atoms with Crippen LogP contribution in [0.4, 0.5) is 0 Å². The lowest BCUT2D eigenvalue weighted by Crippen LogP contribution is -2.36. The van der Waals surface area contributed by atoms with Gasteiger partial charge in [0.05, 0.1) is 11.0 Å². The Balaban J connectivity index is 1.80. The highest BCUT2D eigenvalue weighted by Gasteiger charge is 2.26. The maximum atomic E-state index is 4.86. The normalized spacial score (nSPS) is 11.7. The molecule has 0 N–H and O–H groups in total. The van der Waals surface area contributed by atoms with Gasteiger partial charge in [0.25, 0.3) is 0 Å². The lowest BCUT2D eigenvalue weighted by Gasteiger charge is -2.13. The van der Waals surface area contributed by atoms with Gasteiger partial charge in [-0.05, 0) is 57.5 Å². The van der Waals surface area contributed by atoms with Crippen LogP contribution in [0, 0.1) is 27.7 Å².